The smallest absolute Gasteiger partial charge is 0.311 e. The Bertz CT molecular complexity index is 1130. The van der Waals surface area contributed by atoms with Crippen LogP contribution in [0.2, 0.25) is 0 Å². The number of benzene rings is 1. The van der Waals surface area contributed by atoms with Gasteiger partial charge in [-0.25, -0.2) is 4.98 Å². The average molecular weight is 490 g/mol. The van der Waals surface area contributed by atoms with E-state index in [4.69, 9.17) is 9.47 Å². The van der Waals surface area contributed by atoms with Gasteiger partial charge in [0.1, 0.15) is 5.75 Å². The highest BCUT2D eigenvalue weighted by Gasteiger charge is 2.19. The summed E-state index contributed by atoms with van der Waals surface area (Å²) in [7, 11) is 1.85. The van der Waals surface area contributed by atoms with Crippen LogP contribution in [-0.4, -0.2) is 44.0 Å². The zero-order valence-electron chi connectivity index (χ0n) is 19.2. The van der Waals surface area contributed by atoms with Crippen LogP contribution in [-0.2, 0) is 27.8 Å². The second-order valence-corrected chi connectivity index (χ2v) is 9.19. The number of amides is 1. The maximum Gasteiger partial charge on any atom is 0.311 e. The first-order valence-corrected chi connectivity index (χ1v) is 12.3. The molecule has 0 spiro atoms. The number of rotatable bonds is 10. The van der Waals surface area contributed by atoms with E-state index in [1.54, 1.807) is 12.3 Å². The SMILES string of the molecule is CCOC(=O)Cc1csc(NC(=O)CSc2nnc(C(C)Oc3ccc(C)cc3C)n2C)n1. The number of hydrogen-bond acceptors (Lipinski definition) is 9. The number of anilines is 1. The molecule has 2 heterocycles. The van der Waals surface area contributed by atoms with E-state index in [-0.39, 0.29) is 30.2 Å². The number of nitrogens with one attached hydrogen (secondary N) is 1. The third kappa shape index (κ3) is 6.78. The number of ether oxygens (including phenoxy) is 2. The van der Waals surface area contributed by atoms with Crippen LogP contribution in [0.1, 0.15) is 42.6 Å². The van der Waals surface area contributed by atoms with E-state index >= 15 is 0 Å². The van der Waals surface area contributed by atoms with Crippen molar-refractivity contribution in [2.45, 2.75) is 45.4 Å². The summed E-state index contributed by atoms with van der Waals surface area (Å²) in [4.78, 5) is 28.1. The van der Waals surface area contributed by atoms with Gasteiger partial charge in [0.05, 0.1) is 24.5 Å². The molecule has 3 rings (SSSR count). The zero-order chi connectivity index (χ0) is 24.0. The normalized spacial score (nSPS) is 11.8. The van der Waals surface area contributed by atoms with Gasteiger partial charge < -0.3 is 19.4 Å². The number of thioether (sulfide) groups is 1. The molecule has 0 radical (unpaired) electrons. The predicted molar refractivity (Wildman–Crippen MR) is 128 cm³/mol. The molecule has 0 aliphatic carbocycles. The van der Waals surface area contributed by atoms with E-state index < -0.39 is 0 Å². The lowest BCUT2D eigenvalue weighted by molar-refractivity contribution is -0.142. The van der Waals surface area contributed by atoms with Crippen LogP contribution in [0.15, 0.2) is 28.7 Å². The molecule has 2 aromatic heterocycles. The Morgan fingerprint density at radius 3 is 2.79 bits per heavy atom. The first-order chi connectivity index (χ1) is 15.8. The Balaban J connectivity index is 1.53. The van der Waals surface area contributed by atoms with Gasteiger partial charge in [-0.2, -0.15) is 0 Å². The van der Waals surface area contributed by atoms with Crippen LogP contribution in [0.4, 0.5) is 5.13 Å². The van der Waals surface area contributed by atoms with Crippen LogP contribution < -0.4 is 10.1 Å². The van der Waals surface area contributed by atoms with Gasteiger partial charge >= 0.3 is 5.97 Å². The van der Waals surface area contributed by atoms with Crippen molar-refractivity contribution in [3.05, 3.63) is 46.2 Å². The van der Waals surface area contributed by atoms with Gasteiger partial charge in [0.2, 0.25) is 5.91 Å². The lowest BCUT2D eigenvalue weighted by Crippen LogP contribution is -2.15. The number of nitrogens with zero attached hydrogens (tertiary/aromatic N) is 4. The molecule has 1 amide bonds. The second-order valence-electron chi connectivity index (χ2n) is 7.39. The van der Waals surface area contributed by atoms with Gasteiger partial charge in [0.25, 0.3) is 0 Å². The van der Waals surface area contributed by atoms with E-state index in [0.717, 1.165) is 11.3 Å². The monoisotopic (exact) mass is 489 g/mol. The van der Waals surface area contributed by atoms with E-state index in [2.05, 4.69) is 26.6 Å². The second kappa shape index (κ2) is 11.3. The lowest BCUT2D eigenvalue weighted by Gasteiger charge is -2.16. The molecule has 9 nitrogen and oxygen atoms in total. The molecular weight excluding hydrogens is 462 g/mol. The fourth-order valence-electron chi connectivity index (χ4n) is 3.07. The lowest BCUT2D eigenvalue weighted by atomic mass is 10.1. The minimum Gasteiger partial charge on any atom is -0.482 e. The minimum atomic E-state index is -0.343. The predicted octanol–water partition coefficient (Wildman–Crippen LogP) is 3.86. The molecule has 11 heteroatoms. The van der Waals surface area contributed by atoms with Gasteiger partial charge in [0, 0.05) is 12.4 Å². The van der Waals surface area contributed by atoms with Crippen LogP contribution >= 0.6 is 23.1 Å². The third-order valence-electron chi connectivity index (χ3n) is 4.63. The molecule has 33 heavy (non-hydrogen) atoms. The molecule has 1 atom stereocenters. The van der Waals surface area contributed by atoms with Gasteiger partial charge in [-0.15, -0.1) is 21.5 Å². The maximum absolute atomic E-state index is 12.3. The molecule has 0 fully saturated rings. The molecule has 1 N–H and O–H groups in total. The summed E-state index contributed by atoms with van der Waals surface area (Å²) in [5, 5.41) is 14.0. The minimum absolute atomic E-state index is 0.0824. The average Bonchev–Trinajstić information content (AvgIpc) is 3.34. The number of carbonyl (C=O) groups is 2. The van der Waals surface area contributed by atoms with Crippen molar-refractivity contribution in [3.63, 3.8) is 0 Å². The van der Waals surface area contributed by atoms with Crippen LogP contribution in [0.25, 0.3) is 0 Å². The standard InChI is InChI=1S/C22H27N5O4S2/c1-6-30-19(29)10-16-11-32-21(23-16)24-18(28)12-33-22-26-25-20(27(22)5)15(4)31-17-8-7-13(2)9-14(17)3/h7-9,11,15H,6,10,12H2,1-5H3,(H,23,24,28). The van der Waals surface area contributed by atoms with Gasteiger partial charge in [-0.1, -0.05) is 29.5 Å². The molecule has 0 bridgehead atoms. The molecule has 0 saturated heterocycles. The Labute approximate surface area is 200 Å². The highest BCUT2D eigenvalue weighted by atomic mass is 32.2. The fourth-order valence-corrected chi connectivity index (χ4v) is 4.52. The van der Waals surface area contributed by atoms with E-state index in [9.17, 15) is 9.59 Å². The number of aryl methyl sites for hydroxylation is 2. The maximum atomic E-state index is 12.3. The summed E-state index contributed by atoms with van der Waals surface area (Å²) in [5.41, 5.74) is 2.80. The van der Waals surface area contributed by atoms with E-state index in [1.165, 1.54) is 28.7 Å². The van der Waals surface area contributed by atoms with Crippen molar-refractivity contribution in [1.82, 2.24) is 19.7 Å². The summed E-state index contributed by atoms with van der Waals surface area (Å²) in [5.74, 6) is 1.05. The Morgan fingerprint density at radius 1 is 1.27 bits per heavy atom. The Kier molecular flexibility index (Phi) is 8.45. The van der Waals surface area contributed by atoms with Crippen LogP contribution in [0.3, 0.4) is 0 Å². The fraction of sp³-hybridized carbons (Fsp3) is 0.409. The van der Waals surface area contributed by atoms with Crippen molar-refractivity contribution in [2.75, 3.05) is 17.7 Å². The molecule has 1 aromatic carbocycles. The number of esters is 1. The first kappa shape index (κ1) is 24.7. The molecule has 0 aliphatic rings. The zero-order valence-corrected chi connectivity index (χ0v) is 20.9. The third-order valence-corrected chi connectivity index (χ3v) is 6.45. The van der Waals surface area contributed by atoms with Crippen LogP contribution in [0, 0.1) is 13.8 Å². The number of hydrogen-bond donors (Lipinski definition) is 1. The summed E-state index contributed by atoms with van der Waals surface area (Å²) in [6.07, 6.45) is -0.223. The summed E-state index contributed by atoms with van der Waals surface area (Å²) < 4.78 is 12.8. The molecule has 176 valence electrons. The highest BCUT2D eigenvalue weighted by molar-refractivity contribution is 7.99. The summed E-state index contributed by atoms with van der Waals surface area (Å²) >= 11 is 2.54. The van der Waals surface area contributed by atoms with Crippen molar-refractivity contribution in [1.29, 1.82) is 0 Å². The topological polar surface area (TPSA) is 108 Å². The highest BCUT2D eigenvalue weighted by Crippen LogP contribution is 2.26. The molecule has 0 aliphatic heterocycles. The molecule has 0 saturated carbocycles. The molecule has 1 unspecified atom stereocenters. The van der Waals surface area contributed by atoms with Gasteiger partial charge in [0.15, 0.2) is 22.2 Å². The largest absolute Gasteiger partial charge is 0.482 e. The number of aromatic nitrogens is 4. The van der Waals surface area contributed by atoms with Crippen molar-refractivity contribution in [2.24, 2.45) is 7.05 Å². The number of thiazole rings is 1. The van der Waals surface area contributed by atoms with Gasteiger partial charge in [-0.3, -0.25) is 9.59 Å². The van der Waals surface area contributed by atoms with Gasteiger partial charge in [-0.05, 0) is 39.3 Å². The van der Waals surface area contributed by atoms with Crippen LogP contribution in [0.5, 0.6) is 5.75 Å². The summed E-state index contributed by atoms with van der Waals surface area (Å²) in [6.45, 7) is 8.04. The molecule has 3 aromatic rings. The Morgan fingerprint density at radius 2 is 2.06 bits per heavy atom. The van der Waals surface area contributed by atoms with E-state index in [1.807, 2.05) is 44.5 Å². The number of carbonyl (C=O) groups excluding carboxylic acids is 2. The van der Waals surface area contributed by atoms with Crippen molar-refractivity contribution in [3.8, 4) is 5.75 Å². The van der Waals surface area contributed by atoms with E-state index in [0.29, 0.717) is 28.4 Å². The Hall–Kier alpha value is -2.92. The first-order valence-electron chi connectivity index (χ1n) is 10.4. The quantitative estimate of drug-likeness (QED) is 0.338. The van der Waals surface area contributed by atoms with Crippen molar-refractivity contribution < 1.29 is 19.1 Å². The van der Waals surface area contributed by atoms with Crippen molar-refractivity contribution >= 4 is 40.1 Å². The summed E-state index contributed by atoms with van der Waals surface area (Å²) in [6, 6.07) is 6.03. The molecular formula is C22H27N5O4S2.